The molecule has 2 rings (SSSR count). The van der Waals surface area contributed by atoms with Crippen LogP contribution in [0.1, 0.15) is 17.2 Å². The number of hydrogen-bond donors (Lipinski definition) is 2. The summed E-state index contributed by atoms with van der Waals surface area (Å²) in [5, 5.41) is 0.615. The van der Waals surface area contributed by atoms with Gasteiger partial charge in [-0.2, -0.15) is 0 Å². The maximum atomic E-state index is 13.7. The van der Waals surface area contributed by atoms with Crippen LogP contribution in [-0.4, -0.2) is 4.98 Å². The van der Waals surface area contributed by atoms with Crippen LogP contribution in [0.25, 0.3) is 0 Å². The third-order valence-corrected chi connectivity index (χ3v) is 3.66. The van der Waals surface area contributed by atoms with Crippen LogP contribution in [0.4, 0.5) is 4.39 Å². The van der Waals surface area contributed by atoms with Crippen molar-refractivity contribution in [2.45, 2.75) is 12.5 Å². The van der Waals surface area contributed by atoms with E-state index in [1.54, 1.807) is 12.1 Å². The van der Waals surface area contributed by atoms with Crippen LogP contribution in [0.3, 0.4) is 0 Å². The molecule has 3 N–H and O–H groups in total. The second kappa shape index (κ2) is 6.43. The molecule has 0 aliphatic heterocycles. The summed E-state index contributed by atoms with van der Waals surface area (Å²) in [5.41, 5.74) is 3.97. The minimum atomic E-state index is -0.390. The van der Waals surface area contributed by atoms with Crippen LogP contribution < -0.4 is 11.3 Å². The van der Waals surface area contributed by atoms with Gasteiger partial charge < -0.3 is 0 Å². The number of rotatable bonds is 4. The fraction of sp³-hybridized carbons (Fsp3) is 0.154. The highest BCUT2D eigenvalue weighted by Gasteiger charge is 2.16. The topological polar surface area (TPSA) is 50.9 Å². The molecular formula is C13H12BrClFN3. The van der Waals surface area contributed by atoms with Gasteiger partial charge >= 0.3 is 0 Å². The minimum Gasteiger partial charge on any atom is -0.271 e. The molecule has 0 aliphatic rings. The van der Waals surface area contributed by atoms with Gasteiger partial charge in [0.2, 0.25) is 0 Å². The van der Waals surface area contributed by atoms with Crippen molar-refractivity contribution in [1.29, 1.82) is 0 Å². The van der Waals surface area contributed by atoms with Gasteiger partial charge in [-0.1, -0.05) is 33.6 Å². The first kappa shape index (κ1) is 14.4. The zero-order chi connectivity index (χ0) is 13.8. The predicted octanol–water partition coefficient (Wildman–Crippen LogP) is 3.38. The molecule has 2 aromatic rings. The minimum absolute atomic E-state index is 0.360. The lowest BCUT2D eigenvalue weighted by molar-refractivity contribution is 0.508. The van der Waals surface area contributed by atoms with E-state index in [2.05, 4.69) is 26.3 Å². The second-order valence-corrected chi connectivity index (χ2v) is 5.38. The van der Waals surface area contributed by atoms with Gasteiger partial charge in [-0.25, -0.2) is 4.39 Å². The fourth-order valence-electron chi connectivity index (χ4n) is 1.83. The van der Waals surface area contributed by atoms with E-state index in [-0.39, 0.29) is 6.04 Å². The summed E-state index contributed by atoms with van der Waals surface area (Å²) < 4.78 is 14.6. The fourth-order valence-corrected chi connectivity index (χ4v) is 2.58. The zero-order valence-corrected chi connectivity index (χ0v) is 12.2. The summed E-state index contributed by atoms with van der Waals surface area (Å²) in [6, 6.07) is 6.81. The number of halogens is 3. The number of pyridine rings is 1. The Kier molecular flexibility index (Phi) is 4.87. The first-order valence-corrected chi connectivity index (χ1v) is 6.78. The first-order chi connectivity index (χ1) is 9.11. The molecule has 1 aromatic carbocycles. The van der Waals surface area contributed by atoms with Gasteiger partial charge in [0.25, 0.3) is 0 Å². The SMILES string of the molecule is NNC(Cc1ccc(Br)cc1Cl)c1ccncc1F. The van der Waals surface area contributed by atoms with Crippen LogP contribution in [0.5, 0.6) is 0 Å². The van der Waals surface area contributed by atoms with Crippen LogP contribution in [0.2, 0.25) is 5.02 Å². The lowest BCUT2D eigenvalue weighted by atomic mass is 10.00. The van der Waals surface area contributed by atoms with Gasteiger partial charge in [0.1, 0.15) is 5.82 Å². The van der Waals surface area contributed by atoms with Crippen LogP contribution in [-0.2, 0) is 6.42 Å². The molecule has 0 fully saturated rings. The van der Waals surface area contributed by atoms with Crippen molar-refractivity contribution in [1.82, 2.24) is 10.4 Å². The Morgan fingerprint density at radius 2 is 2.21 bits per heavy atom. The third kappa shape index (κ3) is 3.51. The Morgan fingerprint density at radius 1 is 1.42 bits per heavy atom. The molecule has 3 nitrogen and oxygen atoms in total. The summed E-state index contributed by atoms with van der Waals surface area (Å²) >= 11 is 9.50. The second-order valence-electron chi connectivity index (χ2n) is 4.06. The lowest BCUT2D eigenvalue weighted by Gasteiger charge is -2.17. The zero-order valence-electron chi connectivity index (χ0n) is 9.91. The maximum absolute atomic E-state index is 13.7. The largest absolute Gasteiger partial charge is 0.271 e. The Morgan fingerprint density at radius 3 is 2.84 bits per heavy atom. The maximum Gasteiger partial charge on any atom is 0.146 e. The number of benzene rings is 1. The van der Waals surface area contributed by atoms with Gasteiger partial charge in [0, 0.05) is 21.3 Å². The molecule has 1 unspecified atom stereocenters. The van der Waals surface area contributed by atoms with Gasteiger partial charge in [0.05, 0.1) is 12.2 Å². The van der Waals surface area contributed by atoms with E-state index in [1.807, 2.05) is 12.1 Å². The number of hydrazine groups is 1. The van der Waals surface area contributed by atoms with E-state index >= 15 is 0 Å². The molecule has 0 spiro atoms. The summed E-state index contributed by atoms with van der Waals surface area (Å²) in [6.45, 7) is 0. The van der Waals surface area contributed by atoms with Gasteiger partial charge in [-0.3, -0.25) is 16.3 Å². The molecule has 19 heavy (non-hydrogen) atoms. The van der Waals surface area contributed by atoms with E-state index in [0.717, 1.165) is 10.0 Å². The van der Waals surface area contributed by atoms with E-state index in [9.17, 15) is 4.39 Å². The summed E-state index contributed by atoms with van der Waals surface area (Å²) in [7, 11) is 0. The normalized spacial score (nSPS) is 12.4. The highest BCUT2D eigenvalue weighted by atomic mass is 79.9. The molecule has 100 valence electrons. The van der Waals surface area contributed by atoms with Crippen LogP contribution in [0.15, 0.2) is 41.1 Å². The summed E-state index contributed by atoms with van der Waals surface area (Å²) in [5.74, 6) is 5.12. The molecule has 0 saturated heterocycles. The summed E-state index contributed by atoms with van der Waals surface area (Å²) in [6.07, 6.45) is 3.19. The molecule has 1 aromatic heterocycles. The van der Waals surface area contributed by atoms with Crippen molar-refractivity contribution in [2.75, 3.05) is 0 Å². The van der Waals surface area contributed by atoms with E-state index in [4.69, 9.17) is 17.4 Å². The quantitative estimate of drug-likeness (QED) is 0.660. The van der Waals surface area contributed by atoms with Gasteiger partial charge in [0.15, 0.2) is 0 Å². The molecule has 0 bridgehead atoms. The van der Waals surface area contributed by atoms with E-state index < -0.39 is 5.82 Å². The highest BCUT2D eigenvalue weighted by Crippen LogP contribution is 2.26. The van der Waals surface area contributed by atoms with Crippen molar-refractivity contribution in [3.05, 3.63) is 63.1 Å². The average Bonchev–Trinajstić information content (AvgIpc) is 2.39. The highest BCUT2D eigenvalue weighted by molar-refractivity contribution is 9.10. The monoisotopic (exact) mass is 343 g/mol. The molecule has 0 amide bonds. The van der Waals surface area contributed by atoms with E-state index in [0.29, 0.717) is 17.0 Å². The average molecular weight is 345 g/mol. The molecule has 0 radical (unpaired) electrons. The number of aromatic nitrogens is 1. The number of nitrogens with one attached hydrogen (secondary N) is 1. The molecule has 1 atom stereocenters. The van der Waals surface area contributed by atoms with Gasteiger partial charge in [-0.15, -0.1) is 0 Å². The lowest BCUT2D eigenvalue weighted by Crippen LogP contribution is -2.30. The Hall–Kier alpha value is -1.01. The van der Waals surface area contributed by atoms with Crippen molar-refractivity contribution in [2.24, 2.45) is 5.84 Å². The summed E-state index contributed by atoms with van der Waals surface area (Å²) in [4.78, 5) is 3.72. The first-order valence-electron chi connectivity index (χ1n) is 5.61. The Bertz CT molecular complexity index is 580. The molecule has 0 saturated carbocycles. The van der Waals surface area contributed by atoms with Crippen LogP contribution in [0, 0.1) is 5.82 Å². The van der Waals surface area contributed by atoms with Crippen molar-refractivity contribution >= 4 is 27.5 Å². The van der Waals surface area contributed by atoms with Crippen molar-refractivity contribution in [3.63, 3.8) is 0 Å². The molecular weight excluding hydrogens is 333 g/mol. The third-order valence-electron chi connectivity index (χ3n) is 2.82. The number of nitrogens with zero attached hydrogens (tertiary/aromatic N) is 1. The Labute approximate surface area is 124 Å². The van der Waals surface area contributed by atoms with E-state index in [1.165, 1.54) is 12.4 Å². The predicted molar refractivity (Wildman–Crippen MR) is 77.1 cm³/mol. The van der Waals surface area contributed by atoms with Crippen molar-refractivity contribution < 1.29 is 4.39 Å². The molecule has 0 aliphatic carbocycles. The smallest absolute Gasteiger partial charge is 0.146 e. The van der Waals surface area contributed by atoms with Crippen molar-refractivity contribution in [3.8, 4) is 0 Å². The Balaban J connectivity index is 2.27. The number of nitrogens with two attached hydrogens (primary N) is 1. The molecule has 6 heteroatoms. The van der Waals surface area contributed by atoms with Gasteiger partial charge in [-0.05, 0) is 30.2 Å². The molecule has 1 heterocycles. The number of hydrogen-bond acceptors (Lipinski definition) is 3. The standard InChI is InChI=1S/C13H12BrClFN3/c14-9-2-1-8(11(15)6-9)5-13(19-17)10-3-4-18-7-12(10)16/h1-4,6-7,13,19H,5,17H2. The van der Waals surface area contributed by atoms with Crippen LogP contribution >= 0.6 is 27.5 Å².